The number of aliphatic hydroxyl groups excluding tert-OH is 1. The van der Waals surface area contributed by atoms with Crippen LogP contribution >= 0.6 is 7.60 Å². The van der Waals surface area contributed by atoms with Crippen LogP contribution in [-0.2, 0) is 32.5 Å². The Labute approximate surface area is 259 Å². The molecule has 0 radical (unpaired) electrons. The maximum absolute atomic E-state index is 14.1. The highest BCUT2D eigenvalue weighted by molar-refractivity contribution is 7.53. The van der Waals surface area contributed by atoms with Crippen LogP contribution in [0.15, 0.2) is 42.6 Å². The summed E-state index contributed by atoms with van der Waals surface area (Å²) in [7, 11) is -1.65. The lowest BCUT2D eigenvalue weighted by atomic mass is 9.80. The molecule has 2 heterocycles. The molecule has 3 N–H and O–H groups in total. The zero-order valence-electron chi connectivity index (χ0n) is 25.4. The monoisotopic (exact) mass is 647 g/mol. The Morgan fingerprint density at radius 2 is 1.69 bits per heavy atom. The molecule has 1 aromatic heterocycles. The van der Waals surface area contributed by atoms with Crippen LogP contribution in [0, 0.1) is 0 Å². The van der Waals surface area contributed by atoms with Crippen LogP contribution in [-0.4, -0.2) is 52.2 Å². The lowest BCUT2D eigenvalue weighted by Gasteiger charge is -2.27. The van der Waals surface area contributed by atoms with E-state index in [-0.39, 0.29) is 48.9 Å². The number of amides is 1. The van der Waals surface area contributed by atoms with Gasteiger partial charge in [-0.25, -0.2) is 4.98 Å². The number of hydrogen-bond donors (Lipinski definition) is 3. The summed E-state index contributed by atoms with van der Waals surface area (Å²) in [5.41, 5.74) is 2.44. The maximum atomic E-state index is 14.1. The zero-order valence-corrected chi connectivity index (χ0v) is 26.3. The number of rotatable bonds is 11. The SMILES string of the molecule is CCOP(=O)(Cc1ccc(Nc2ncc(C(F)(F)F)c(Nc3ccc([C@H]4CC[C@@H](O)CC4)c4c3C(=O)N(C)C4)n2)cc1)OCC. The van der Waals surface area contributed by atoms with Gasteiger partial charge in [-0.3, -0.25) is 9.36 Å². The largest absolute Gasteiger partial charge is 0.421 e. The molecule has 1 saturated carbocycles. The zero-order chi connectivity index (χ0) is 32.4. The molecule has 0 spiro atoms. The van der Waals surface area contributed by atoms with Crippen LogP contribution in [0.25, 0.3) is 0 Å². The number of halogens is 3. The first-order chi connectivity index (χ1) is 21.4. The normalized spacial score (nSPS) is 18.6. The number of aromatic nitrogens is 2. The number of nitrogens with one attached hydrogen (secondary N) is 2. The summed E-state index contributed by atoms with van der Waals surface area (Å²) >= 11 is 0. The fourth-order valence-corrected chi connectivity index (χ4v) is 7.59. The van der Waals surface area contributed by atoms with Crippen LogP contribution in [0.4, 0.5) is 36.3 Å². The molecule has 2 aromatic carbocycles. The average Bonchev–Trinajstić information content (AvgIpc) is 3.28. The van der Waals surface area contributed by atoms with Gasteiger partial charge in [0.1, 0.15) is 11.4 Å². The smallest absolute Gasteiger partial charge is 0.393 e. The number of carbonyl (C=O) groups is 1. The number of benzene rings is 2. The quantitative estimate of drug-likeness (QED) is 0.183. The summed E-state index contributed by atoms with van der Waals surface area (Å²) in [6.07, 6.45) is -1.45. The number of anilines is 4. The van der Waals surface area contributed by atoms with Gasteiger partial charge in [0.15, 0.2) is 0 Å². The molecule has 10 nitrogen and oxygen atoms in total. The van der Waals surface area contributed by atoms with Crippen molar-refractivity contribution in [2.24, 2.45) is 0 Å². The summed E-state index contributed by atoms with van der Waals surface area (Å²) < 4.78 is 65.8. The maximum Gasteiger partial charge on any atom is 0.421 e. The number of fused-ring (bicyclic) bond motifs is 1. The molecule has 0 bridgehead atoms. The third-order valence-corrected chi connectivity index (χ3v) is 10.1. The molecule has 14 heteroatoms. The molecule has 1 aliphatic carbocycles. The van der Waals surface area contributed by atoms with Crippen LogP contribution in [0.5, 0.6) is 0 Å². The minimum atomic E-state index is -4.76. The van der Waals surface area contributed by atoms with E-state index in [2.05, 4.69) is 20.6 Å². The summed E-state index contributed by atoms with van der Waals surface area (Å²) in [5.74, 6) is -0.716. The minimum Gasteiger partial charge on any atom is -0.393 e. The van der Waals surface area contributed by atoms with Gasteiger partial charge in [-0.1, -0.05) is 18.2 Å². The van der Waals surface area contributed by atoms with Gasteiger partial charge in [0.2, 0.25) is 5.95 Å². The highest BCUT2D eigenvalue weighted by atomic mass is 31.2. The molecule has 5 rings (SSSR count). The van der Waals surface area contributed by atoms with E-state index >= 15 is 0 Å². The van der Waals surface area contributed by atoms with Crippen molar-refractivity contribution in [1.82, 2.24) is 14.9 Å². The molecule has 2 aliphatic rings. The summed E-state index contributed by atoms with van der Waals surface area (Å²) in [4.78, 5) is 22.8. The average molecular weight is 648 g/mol. The molecule has 3 aromatic rings. The Balaban J connectivity index is 1.42. The number of alkyl halides is 3. The minimum absolute atomic E-state index is 0.0690. The Bertz CT molecular complexity index is 1570. The first-order valence-electron chi connectivity index (χ1n) is 15.0. The lowest BCUT2D eigenvalue weighted by molar-refractivity contribution is -0.137. The predicted molar refractivity (Wildman–Crippen MR) is 164 cm³/mol. The molecular formula is C31H37F3N5O5P. The van der Waals surface area contributed by atoms with Gasteiger partial charge in [0.25, 0.3) is 5.91 Å². The fraction of sp³-hybridized carbons (Fsp3) is 0.452. The van der Waals surface area contributed by atoms with Gasteiger partial charge in [-0.15, -0.1) is 0 Å². The number of nitrogens with zero attached hydrogens (tertiary/aromatic N) is 3. The Hall–Kier alpha value is -3.51. The van der Waals surface area contributed by atoms with Crippen molar-refractivity contribution in [2.75, 3.05) is 30.9 Å². The number of hydrogen-bond acceptors (Lipinski definition) is 9. The van der Waals surface area contributed by atoms with Crippen LogP contribution in [0.3, 0.4) is 0 Å². The number of carbonyl (C=O) groups excluding carboxylic acids is 1. The molecule has 1 aliphatic heterocycles. The van der Waals surface area contributed by atoms with Crippen molar-refractivity contribution in [3.05, 3.63) is 70.4 Å². The Kier molecular flexibility index (Phi) is 9.83. The van der Waals surface area contributed by atoms with E-state index in [9.17, 15) is 27.6 Å². The van der Waals surface area contributed by atoms with Gasteiger partial charge >= 0.3 is 13.8 Å². The lowest BCUT2D eigenvalue weighted by Crippen LogP contribution is -2.18. The molecule has 242 valence electrons. The molecular weight excluding hydrogens is 610 g/mol. The summed E-state index contributed by atoms with van der Waals surface area (Å²) in [6.45, 7) is 4.29. The van der Waals surface area contributed by atoms with Crippen LogP contribution < -0.4 is 10.6 Å². The second-order valence-electron chi connectivity index (χ2n) is 11.2. The van der Waals surface area contributed by atoms with Gasteiger partial charge < -0.3 is 29.7 Å². The summed E-state index contributed by atoms with van der Waals surface area (Å²) in [6, 6.07) is 10.2. The molecule has 1 fully saturated rings. The standard InChI is InChI=1S/C31H37F3N5O5P/c1-4-43-45(42,44-5-2)18-19-6-10-21(11-7-19)36-30-35-16-25(31(32,33)34)28(38-30)37-26-15-14-23(20-8-12-22(40)13-9-20)24-17-39(3)29(41)27(24)26/h6-7,10-11,14-16,20,22,40H,4-5,8-9,12-13,17-18H2,1-3H3,(H2,35,36,37,38)/t20-,22+. The Morgan fingerprint density at radius 1 is 1.02 bits per heavy atom. The molecule has 0 saturated heterocycles. The molecule has 0 unspecified atom stereocenters. The third-order valence-electron chi connectivity index (χ3n) is 8.03. The van der Waals surface area contributed by atoms with Crippen molar-refractivity contribution in [1.29, 1.82) is 0 Å². The van der Waals surface area contributed by atoms with Crippen LogP contribution in [0.2, 0.25) is 0 Å². The first kappa shape index (κ1) is 32.9. The highest BCUT2D eigenvalue weighted by Gasteiger charge is 2.37. The van der Waals surface area contributed by atoms with Gasteiger partial charge in [0.05, 0.1) is 36.7 Å². The second kappa shape index (κ2) is 13.5. The van der Waals surface area contributed by atoms with Crippen molar-refractivity contribution in [3.63, 3.8) is 0 Å². The molecule has 0 atom stereocenters. The molecule has 1 amide bonds. The van der Waals surface area contributed by atoms with E-state index in [0.29, 0.717) is 42.4 Å². The number of aliphatic hydroxyl groups is 1. The van der Waals surface area contributed by atoms with E-state index in [1.54, 1.807) is 56.1 Å². The van der Waals surface area contributed by atoms with Crippen molar-refractivity contribution >= 4 is 36.6 Å². The van der Waals surface area contributed by atoms with Crippen LogP contribution in [0.1, 0.15) is 78.1 Å². The van der Waals surface area contributed by atoms with Crippen molar-refractivity contribution in [3.8, 4) is 0 Å². The highest BCUT2D eigenvalue weighted by Crippen LogP contribution is 2.51. The molecule has 45 heavy (non-hydrogen) atoms. The van der Waals surface area contributed by atoms with E-state index in [4.69, 9.17) is 9.05 Å². The predicted octanol–water partition coefficient (Wildman–Crippen LogP) is 7.35. The van der Waals surface area contributed by atoms with Gasteiger partial charge in [-0.05, 0) is 80.3 Å². The van der Waals surface area contributed by atoms with Crippen molar-refractivity contribution in [2.45, 2.75) is 70.4 Å². The Morgan fingerprint density at radius 3 is 2.31 bits per heavy atom. The van der Waals surface area contributed by atoms with Gasteiger partial charge in [-0.2, -0.15) is 18.2 Å². The first-order valence-corrected chi connectivity index (χ1v) is 16.7. The topological polar surface area (TPSA) is 126 Å². The fourth-order valence-electron chi connectivity index (χ4n) is 5.89. The van der Waals surface area contributed by atoms with Crippen molar-refractivity contribution < 1.29 is 36.7 Å². The van der Waals surface area contributed by atoms with E-state index in [1.165, 1.54) is 0 Å². The third kappa shape index (κ3) is 7.49. The van der Waals surface area contributed by atoms with E-state index in [1.807, 2.05) is 6.07 Å². The van der Waals surface area contributed by atoms with Gasteiger partial charge in [0, 0.05) is 25.5 Å². The second-order valence-corrected chi connectivity index (χ2v) is 13.3. The van der Waals surface area contributed by atoms with E-state index in [0.717, 1.165) is 24.0 Å². The van der Waals surface area contributed by atoms with E-state index < -0.39 is 25.2 Å². The summed E-state index contributed by atoms with van der Waals surface area (Å²) in [5, 5.41) is 15.7.